The quantitative estimate of drug-likeness (QED) is 0.457. The summed E-state index contributed by atoms with van der Waals surface area (Å²) in [6, 6.07) is 0. The molecule has 0 aromatic carbocycles. The van der Waals surface area contributed by atoms with Crippen LogP contribution in [0.5, 0.6) is 0 Å². The van der Waals surface area contributed by atoms with Crippen molar-refractivity contribution in [2.24, 2.45) is 0 Å². The first-order valence-electron chi connectivity index (χ1n) is 7.68. The molecular formula is C17H34O3. The number of aliphatic hydroxyl groups excluding tert-OH is 2. The van der Waals surface area contributed by atoms with E-state index in [1.807, 2.05) is 27.7 Å². The second kappa shape index (κ2) is 18.2. The van der Waals surface area contributed by atoms with E-state index in [1.165, 1.54) is 30.4 Å². The maximum Gasteiger partial charge on any atom is 0.0887 e. The molecule has 0 saturated heterocycles. The van der Waals surface area contributed by atoms with Gasteiger partial charge in [0.05, 0.1) is 12.5 Å². The highest BCUT2D eigenvalue weighted by Gasteiger charge is 1.89. The molecule has 0 heterocycles. The summed E-state index contributed by atoms with van der Waals surface area (Å²) >= 11 is 0. The Hall–Kier alpha value is -0.800. The Morgan fingerprint density at radius 1 is 0.650 bits per heavy atom. The summed E-state index contributed by atoms with van der Waals surface area (Å²) < 4.78 is 5.03. The first-order chi connectivity index (χ1) is 9.54. The van der Waals surface area contributed by atoms with E-state index in [0.717, 1.165) is 25.7 Å². The molecule has 0 aliphatic heterocycles. The molecule has 0 saturated carbocycles. The molecule has 0 atom stereocenters. The largest absolute Gasteiger partial charge is 0.473 e. The van der Waals surface area contributed by atoms with Crippen LogP contribution in [0.2, 0.25) is 0 Å². The second-order valence-electron chi connectivity index (χ2n) is 5.45. The number of hydrogen-bond acceptors (Lipinski definition) is 3. The molecule has 0 radical (unpaired) electrons. The highest BCUT2D eigenvalue weighted by Crippen LogP contribution is 2.06. The number of hydrogen-bond donors (Lipinski definition) is 2. The van der Waals surface area contributed by atoms with Crippen molar-refractivity contribution in [1.29, 1.82) is 0 Å². The average Bonchev–Trinajstić information content (AvgIpc) is 2.38. The second-order valence-corrected chi connectivity index (χ2v) is 5.45. The molecule has 20 heavy (non-hydrogen) atoms. The number of allylic oxidation sites excluding steroid dienone is 2. The van der Waals surface area contributed by atoms with Gasteiger partial charge in [0.15, 0.2) is 0 Å². The Balaban J connectivity index is 0. The molecule has 0 aliphatic carbocycles. The van der Waals surface area contributed by atoms with Crippen LogP contribution in [0.1, 0.15) is 72.6 Å². The summed E-state index contributed by atoms with van der Waals surface area (Å²) in [4.78, 5) is 0. The first-order valence-corrected chi connectivity index (χ1v) is 7.68. The molecule has 2 N–H and O–H groups in total. The van der Waals surface area contributed by atoms with Gasteiger partial charge in [-0.05, 0) is 51.7 Å². The van der Waals surface area contributed by atoms with Crippen molar-refractivity contribution in [1.82, 2.24) is 0 Å². The number of rotatable bonds is 10. The lowest BCUT2D eigenvalue weighted by Gasteiger charge is -1.98. The Morgan fingerprint density at radius 3 is 1.20 bits per heavy atom. The summed E-state index contributed by atoms with van der Waals surface area (Å²) in [7, 11) is 0. The van der Waals surface area contributed by atoms with Gasteiger partial charge in [-0.15, -0.1) is 0 Å². The van der Waals surface area contributed by atoms with Gasteiger partial charge < -0.3 is 14.9 Å². The van der Waals surface area contributed by atoms with Crippen molar-refractivity contribution in [2.75, 3.05) is 13.2 Å². The lowest BCUT2D eigenvalue weighted by molar-refractivity contribution is 0.278. The fourth-order valence-corrected chi connectivity index (χ4v) is 1.41. The molecule has 0 unspecified atom stereocenters. The Kier molecular flexibility index (Phi) is 19.6. The summed E-state index contributed by atoms with van der Waals surface area (Å²) in [6.45, 7) is 8.66. The minimum absolute atomic E-state index is 0.330. The molecule has 0 aliphatic rings. The molecule has 0 rings (SSSR count). The van der Waals surface area contributed by atoms with Crippen LogP contribution in [0.4, 0.5) is 0 Å². The lowest BCUT2D eigenvalue weighted by atomic mass is 10.1. The van der Waals surface area contributed by atoms with Crippen LogP contribution in [-0.4, -0.2) is 23.4 Å². The van der Waals surface area contributed by atoms with E-state index in [9.17, 15) is 0 Å². The topological polar surface area (TPSA) is 49.7 Å². The summed E-state index contributed by atoms with van der Waals surface area (Å²) in [5.41, 5.74) is 2.35. The molecular weight excluding hydrogens is 252 g/mol. The first kappa shape index (κ1) is 21.5. The van der Waals surface area contributed by atoms with Crippen molar-refractivity contribution in [2.45, 2.75) is 72.6 Å². The van der Waals surface area contributed by atoms with Crippen molar-refractivity contribution in [3.63, 3.8) is 0 Å². The van der Waals surface area contributed by atoms with Crippen LogP contribution < -0.4 is 0 Å². The van der Waals surface area contributed by atoms with E-state index in [-0.39, 0.29) is 0 Å². The highest BCUT2D eigenvalue weighted by atomic mass is 16.5. The van der Waals surface area contributed by atoms with Crippen molar-refractivity contribution >= 4 is 0 Å². The number of unbranched alkanes of at least 4 members (excludes halogenated alkanes) is 6. The molecule has 0 aromatic heterocycles. The predicted octanol–water partition coefficient (Wildman–Crippen LogP) is 4.55. The van der Waals surface area contributed by atoms with Gasteiger partial charge in [-0.2, -0.15) is 0 Å². The lowest BCUT2D eigenvalue weighted by Crippen LogP contribution is -1.85. The summed E-state index contributed by atoms with van der Waals surface area (Å²) in [6.07, 6.45) is 11.4. The molecule has 0 spiro atoms. The van der Waals surface area contributed by atoms with Crippen molar-refractivity contribution in [3.8, 4) is 0 Å². The summed E-state index contributed by atoms with van der Waals surface area (Å²) in [5, 5.41) is 16.9. The van der Waals surface area contributed by atoms with Crippen LogP contribution >= 0.6 is 0 Å². The molecule has 0 aromatic rings. The standard InChI is InChI=1S/C9H20O2.C8H14O/c10-8-6-4-2-1-3-5-7-9-11;1-7(2)5-9-6-8(3)4/h10-11H,1-9H2;5-6H,1-4H3. The average molecular weight is 286 g/mol. The van der Waals surface area contributed by atoms with Crippen LogP contribution in [0.15, 0.2) is 23.7 Å². The van der Waals surface area contributed by atoms with Crippen LogP contribution in [0.3, 0.4) is 0 Å². The van der Waals surface area contributed by atoms with E-state index in [1.54, 1.807) is 12.5 Å². The minimum Gasteiger partial charge on any atom is -0.473 e. The molecule has 0 amide bonds. The highest BCUT2D eigenvalue weighted by molar-refractivity contribution is 4.92. The number of ether oxygens (including phenoxy) is 1. The zero-order valence-electron chi connectivity index (χ0n) is 13.8. The molecule has 0 fully saturated rings. The van der Waals surface area contributed by atoms with Crippen molar-refractivity contribution < 1.29 is 14.9 Å². The van der Waals surface area contributed by atoms with Gasteiger partial charge in [-0.3, -0.25) is 0 Å². The smallest absolute Gasteiger partial charge is 0.0887 e. The molecule has 0 bridgehead atoms. The van der Waals surface area contributed by atoms with Gasteiger partial charge in [0.1, 0.15) is 0 Å². The Bertz CT molecular complexity index is 213. The Morgan fingerprint density at radius 2 is 0.950 bits per heavy atom. The molecule has 3 heteroatoms. The Labute approximate surface area is 125 Å². The van der Waals surface area contributed by atoms with E-state index in [4.69, 9.17) is 14.9 Å². The van der Waals surface area contributed by atoms with Gasteiger partial charge in [-0.25, -0.2) is 0 Å². The zero-order chi connectivity index (χ0) is 15.6. The van der Waals surface area contributed by atoms with Crippen LogP contribution in [0, 0.1) is 0 Å². The van der Waals surface area contributed by atoms with E-state index in [0.29, 0.717) is 13.2 Å². The van der Waals surface area contributed by atoms with E-state index in [2.05, 4.69) is 0 Å². The SMILES string of the molecule is CC(C)=COC=C(C)C.OCCCCCCCCCO. The third-order valence-corrected chi connectivity index (χ3v) is 2.42. The predicted molar refractivity (Wildman–Crippen MR) is 86.4 cm³/mol. The van der Waals surface area contributed by atoms with Gasteiger partial charge in [0, 0.05) is 13.2 Å². The maximum atomic E-state index is 8.47. The van der Waals surface area contributed by atoms with Crippen LogP contribution in [0.25, 0.3) is 0 Å². The summed E-state index contributed by atoms with van der Waals surface area (Å²) in [5.74, 6) is 0. The maximum absolute atomic E-state index is 8.47. The third-order valence-electron chi connectivity index (χ3n) is 2.42. The zero-order valence-corrected chi connectivity index (χ0v) is 13.8. The molecule has 120 valence electrons. The van der Waals surface area contributed by atoms with Gasteiger partial charge >= 0.3 is 0 Å². The van der Waals surface area contributed by atoms with Crippen LogP contribution in [-0.2, 0) is 4.74 Å². The van der Waals surface area contributed by atoms with Gasteiger partial charge in [-0.1, -0.05) is 32.1 Å². The van der Waals surface area contributed by atoms with Crippen molar-refractivity contribution in [3.05, 3.63) is 23.7 Å². The fourth-order valence-electron chi connectivity index (χ4n) is 1.41. The van der Waals surface area contributed by atoms with Gasteiger partial charge in [0.25, 0.3) is 0 Å². The third kappa shape index (κ3) is 25.9. The van der Waals surface area contributed by atoms with E-state index < -0.39 is 0 Å². The van der Waals surface area contributed by atoms with E-state index >= 15 is 0 Å². The number of aliphatic hydroxyl groups is 2. The van der Waals surface area contributed by atoms with Gasteiger partial charge in [0.2, 0.25) is 0 Å². The minimum atomic E-state index is 0.330. The fraction of sp³-hybridized carbons (Fsp3) is 0.765. The normalized spacial score (nSPS) is 9.30. The monoisotopic (exact) mass is 286 g/mol. The molecule has 3 nitrogen and oxygen atoms in total.